The number of nitrogens with zero attached hydrogens (tertiary/aromatic N) is 2. The molecule has 1 heterocycles. The molecule has 1 saturated carbocycles. The van der Waals surface area contributed by atoms with E-state index in [1.54, 1.807) is 0 Å². The van der Waals surface area contributed by atoms with Crippen molar-refractivity contribution in [2.75, 3.05) is 6.54 Å². The molecular weight excluding hydrogens is 243 g/mol. The molecule has 2 rings (SSSR count). The standard InChI is InChI=1S/C12H18F3N3/c1-9(3-2-6-16-11-4-5-11)18-8-10(7-17-18)12(13,14)15/h7-9,11,16H,2-6H2,1H3. The van der Waals surface area contributed by atoms with Crippen molar-refractivity contribution in [2.24, 2.45) is 0 Å². The maximum atomic E-state index is 12.4. The number of hydrogen-bond acceptors (Lipinski definition) is 2. The first-order valence-corrected chi connectivity index (χ1v) is 6.31. The molecule has 0 aromatic carbocycles. The lowest BCUT2D eigenvalue weighted by Crippen LogP contribution is -2.18. The first-order valence-electron chi connectivity index (χ1n) is 6.31. The van der Waals surface area contributed by atoms with Gasteiger partial charge in [-0.3, -0.25) is 4.68 Å². The molecule has 1 aromatic rings. The van der Waals surface area contributed by atoms with Crippen LogP contribution in [0.25, 0.3) is 0 Å². The molecule has 1 N–H and O–H groups in total. The van der Waals surface area contributed by atoms with Gasteiger partial charge in [-0.2, -0.15) is 18.3 Å². The van der Waals surface area contributed by atoms with Crippen LogP contribution in [0.3, 0.4) is 0 Å². The molecule has 0 aliphatic heterocycles. The van der Waals surface area contributed by atoms with E-state index in [1.165, 1.54) is 17.5 Å². The van der Waals surface area contributed by atoms with Gasteiger partial charge >= 0.3 is 6.18 Å². The van der Waals surface area contributed by atoms with Crippen LogP contribution in [0.15, 0.2) is 12.4 Å². The maximum absolute atomic E-state index is 12.4. The van der Waals surface area contributed by atoms with Gasteiger partial charge in [0.15, 0.2) is 0 Å². The van der Waals surface area contributed by atoms with E-state index in [9.17, 15) is 13.2 Å². The van der Waals surface area contributed by atoms with Crippen LogP contribution in [0.2, 0.25) is 0 Å². The number of nitrogens with one attached hydrogen (secondary N) is 1. The van der Waals surface area contributed by atoms with Crippen molar-refractivity contribution in [3.8, 4) is 0 Å². The van der Waals surface area contributed by atoms with Gasteiger partial charge in [0, 0.05) is 18.3 Å². The summed E-state index contributed by atoms with van der Waals surface area (Å²) in [4.78, 5) is 0. The van der Waals surface area contributed by atoms with Crippen LogP contribution in [0.1, 0.15) is 44.2 Å². The number of rotatable bonds is 6. The summed E-state index contributed by atoms with van der Waals surface area (Å²) in [6.07, 6.45) is 1.97. The Bertz CT molecular complexity index is 382. The van der Waals surface area contributed by atoms with Gasteiger partial charge in [-0.1, -0.05) is 0 Å². The summed E-state index contributed by atoms with van der Waals surface area (Å²) in [6.45, 7) is 2.83. The Morgan fingerprint density at radius 3 is 2.78 bits per heavy atom. The predicted molar refractivity (Wildman–Crippen MR) is 62.2 cm³/mol. The van der Waals surface area contributed by atoms with Crippen LogP contribution < -0.4 is 5.32 Å². The normalized spacial score (nSPS) is 18.0. The molecule has 18 heavy (non-hydrogen) atoms. The van der Waals surface area contributed by atoms with Crippen molar-refractivity contribution < 1.29 is 13.2 Å². The van der Waals surface area contributed by atoms with E-state index >= 15 is 0 Å². The lowest BCUT2D eigenvalue weighted by atomic mass is 10.2. The SMILES string of the molecule is CC(CCCNC1CC1)n1cc(C(F)(F)F)cn1. The molecule has 1 atom stereocenters. The van der Waals surface area contributed by atoms with Gasteiger partial charge in [0.1, 0.15) is 0 Å². The molecule has 6 heteroatoms. The van der Waals surface area contributed by atoms with Crippen LogP contribution in [0.4, 0.5) is 13.2 Å². The monoisotopic (exact) mass is 261 g/mol. The summed E-state index contributed by atoms with van der Waals surface area (Å²) in [5, 5.41) is 7.17. The van der Waals surface area contributed by atoms with Crippen molar-refractivity contribution in [1.29, 1.82) is 0 Å². The molecule has 102 valence electrons. The van der Waals surface area contributed by atoms with E-state index in [2.05, 4.69) is 10.4 Å². The smallest absolute Gasteiger partial charge is 0.314 e. The third-order valence-corrected chi connectivity index (χ3v) is 3.19. The van der Waals surface area contributed by atoms with E-state index in [0.717, 1.165) is 31.8 Å². The fourth-order valence-electron chi connectivity index (χ4n) is 1.85. The van der Waals surface area contributed by atoms with Gasteiger partial charge in [0.25, 0.3) is 0 Å². The summed E-state index contributed by atoms with van der Waals surface area (Å²) >= 11 is 0. The first-order chi connectivity index (χ1) is 8.47. The summed E-state index contributed by atoms with van der Waals surface area (Å²) in [5.74, 6) is 0. The maximum Gasteiger partial charge on any atom is 0.419 e. The molecule has 0 amide bonds. The van der Waals surface area contributed by atoms with Crippen molar-refractivity contribution in [1.82, 2.24) is 15.1 Å². The molecule has 3 nitrogen and oxygen atoms in total. The summed E-state index contributed by atoms with van der Waals surface area (Å²) in [6, 6.07) is 0.684. The fourth-order valence-corrected chi connectivity index (χ4v) is 1.85. The highest BCUT2D eigenvalue weighted by molar-refractivity contribution is 5.08. The number of hydrogen-bond donors (Lipinski definition) is 1. The van der Waals surface area contributed by atoms with E-state index in [4.69, 9.17) is 0 Å². The molecule has 1 unspecified atom stereocenters. The Hall–Kier alpha value is -1.04. The van der Waals surface area contributed by atoms with Crippen molar-refractivity contribution in [3.05, 3.63) is 18.0 Å². The third kappa shape index (κ3) is 3.73. The van der Waals surface area contributed by atoms with Crippen LogP contribution in [-0.4, -0.2) is 22.4 Å². The van der Waals surface area contributed by atoms with E-state index in [1.807, 2.05) is 6.92 Å². The lowest BCUT2D eigenvalue weighted by Gasteiger charge is -2.12. The Morgan fingerprint density at radius 2 is 2.22 bits per heavy atom. The predicted octanol–water partition coefficient (Wildman–Crippen LogP) is 3.00. The van der Waals surface area contributed by atoms with Crippen LogP contribution in [0, 0.1) is 0 Å². The van der Waals surface area contributed by atoms with Crippen molar-refractivity contribution in [2.45, 2.75) is 50.9 Å². The van der Waals surface area contributed by atoms with Gasteiger partial charge in [-0.15, -0.1) is 0 Å². The topological polar surface area (TPSA) is 29.9 Å². The highest BCUT2D eigenvalue weighted by atomic mass is 19.4. The van der Waals surface area contributed by atoms with Gasteiger partial charge in [0.05, 0.1) is 11.8 Å². The van der Waals surface area contributed by atoms with E-state index < -0.39 is 11.7 Å². The lowest BCUT2D eigenvalue weighted by molar-refractivity contribution is -0.137. The minimum atomic E-state index is -4.30. The fraction of sp³-hybridized carbons (Fsp3) is 0.750. The second-order valence-electron chi connectivity index (χ2n) is 4.93. The molecular formula is C12H18F3N3. The van der Waals surface area contributed by atoms with Crippen LogP contribution in [-0.2, 0) is 6.18 Å². The molecule has 0 bridgehead atoms. The second kappa shape index (κ2) is 5.30. The summed E-state index contributed by atoms with van der Waals surface area (Å²) in [5.41, 5.74) is -0.676. The van der Waals surface area contributed by atoms with Gasteiger partial charge in [-0.05, 0) is 39.2 Å². The van der Waals surface area contributed by atoms with Crippen LogP contribution >= 0.6 is 0 Å². The molecule has 1 fully saturated rings. The molecule has 0 spiro atoms. The molecule has 0 radical (unpaired) electrons. The average molecular weight is 261 g/mol. The zero-order valence-electron chi connectivity index (χ0n) is 10.4. The average Bonchev–Trinajstić information content (AvgIpc) is 2.95. The Kier molecular flexibility index (Phi) is 3.94. The highest BCUT2D eigenvalue weighted by Gasteiger charge is 2.32. The van der Waals surface area contributed by atoms with Gasteiger partial charge in [-0.25, -0.2) is 0 Å². The quantitative estimate of drug-likeness (QED) is 0.798. The molecule has 0 saturated heterocycles. The second-order valence-corrected chi connectivity index (χ2v) is 4.93. The molecule has 1 aromatic heterocycles. The summed E-state index contributed by atoms with van der Waals surface area (Å²) < 4.78 is 38.6. The summed E-state index contributed by atoms with van der Waals surface area (Å²) in [7, 11) is 0. The van der Waals surface area contributed by atoms with E-state index in [-0.39, 0.29) is 6.04 Å². The minimum Gasteiger partial charge on any atom is -0.314 e. The highest BCUT2D eigenvalue weighted by Crippen LogP contribution is 2.29. The number of aromatic nitrogens is 2. The number of alkyl halides is 3. The van der Waals surface area contributed by atoms with E-state index in [0.29, 0.717) is 6.04 Å². The van der Waals surface area contributed by atoms with Crippen molar-refractivity contribution >= 4 is 0 Å². The minimum absolute atomic E-state index is 0.00195. The number of halogens is 3. The first kappa shape index (κ1) is 13.4. The Labute approximate surface area is 104 Å². The Balaban J connectivity index is 1.76. The molecule has 1 aliphatic rings. The largest absolute Gasteiger partial charge is 0.419 e. The van der Waals surface area contributed by atoms with Crippen LogP contribution in [0.5, 0.6) is 0 Å². The third-order valence-electron chi connectivity index (χ3n) is 3.19. The van der Waals surface area contributed by atoms with Crippen molar-refractivity contribution in [3.63, 3.8) is 0 Å². The zero-order valence-corrected chi connectivity index (χ0v) is 10.4. The zero-order chi connectivity index (χ0) is 13.2. The Morgan fingerprint density at radius 1 is 1.50 bits per heavy atom. The molecule has 1 aliphatic carbocycles. The van der Waals surface area contributed by atoms with Gasteiger partial charge in [0.2, 0.25) is 0 Å². The van der Waals surface area contributed by atoms with Gasteiger partial charge < -0.3 is 5.32 Å².